The fraction of sp³-hybridized carbons (Fsp3) is 0.133. The van der Waals surface area contributed by atoms with Crippen molar-refractivity contribution in [1.82, 2.24) is 0 Å². The van der Waals surface area contributed by atoms with Crippen molar-refractivity contribution < 1.29 is 14.6 Å². The number of nitrogens with one attached hydrogen (secondary N) is 1. The minimum atomic E-state index is -0.962. The van der Waals surface area contributed by atoms with E-state index in [1.54, 1.807) is 31.4 Å². The van der Waals surface area contributed by atoms with Gasteiger partial charge in [0.2, 0.25) is 0 Å². The molecule has 2 rings (SSSR count). The molecule has 0 radical (unpaired) electrons. The summed E-state index contributed by atoms with van der Waals surface area (Å²) in [4.78, 5) is 11.2. The lowest BCUT2D eigenvalue weighted by Crippen LogP contribution is -2.03. The van der Waals surface area contributed by atoms with Crippen molar-refractivity contribution in [3.63, 3.8) is 0 Å². The number of aromatic carboxylic acids is 1. The number of methoxy groups -OCH3 is 1. The van der Waals surface area contributed by atoms with Gasteiger partial charge in [-0.3, -0.25) is 0 Å². The molecule has 0 bridgehead atoms. The van der Waals surface area contributed by atoms with Gasteiger partial charge in [-0.15, -0.1) is 0 Å². The summed E-state index contributed by atoms with van der Waals surface area (Å²) in [6.45, 7) is 1.92. The summed E-state index contributed by atoms with van der Waals surface area (Å²) in [5.41, 5.74) is 2.54. The summed E-state index contributed by atoms with van der Waals surface area (Å²) in [5, 5.41) is 12.3. The Morgan fingerprint density at radius 3 is 2.65 bits per heavy atom. The first-order valence-corrected chi connectivity index (χ1v) is 6.75. The topological polar surface area (TPSA) is 58.6 Å². The van der Waals surface area contributed by atoms with E-state index in [1.165, 1.54) is 0 Å². The predicted molar refractivity (Wildman–Crippen MR) is 82.1 cm³/mol. The average Bonchev–Trinajstić information content (AvgIpc) is 2.40. The number of carboxylic acids is 1. The first-order valence-electron chi connectivity index (χ1n) is 5.96. The van der Waals surface area contributed by atoms with Crippen LogP contribution in [0.2, 0.25) is 0 Å². The van der Waals surface area contributed by atoms with Crippen LogP contribution in [-0.4, -0.2) is 18.2 Å². The van der Waals surface area contributed by atoms with Gasteiger partial charge in [0, 0.05) is 11.8 Å². The third-order valence-electron chi connectivity index (χ3n) is 2.84. The molecule has 20 heavy (non-hydrogen) atoms. The van der Waals surface area contributed by atoms with Gasteiger partial charge in [0.1, 0.15) is 5.75 Å². The first kappa shape index (κ1) is 14.4. The molecular formula is C15H14BrNO3. The molecule has 104 valence electrons. The van der Waals surface area contributed by atoms with Crippen molar-refractivity contribution >= 4 is 33.3 Å². The van der Waals surface area contributed by atoms with E-state index in [0.717, 1.165) is 15.7 Å². The highest BCUT2D eigenvalue weighted by Crippen LogP contribution is 2.30. The number of hydrogen-bond donors (Lipinski definition) is 2. The Hall–Kier alpha value is -2.01. The monoisotopic (exact) mass is 335 g/mol. The Morgan fingerprint density at radius 2 is 2.00 bits per heavy atom. The zero-order valence-electron chi connectivity index (χ0n) is 11.1. The quantitative estimate of drug-likeness (QED) is 0.878. The molecule has 0 unspecified atom stereocenters. The van der Waals surface area contributed by atoms with Crippen LogP contribution < -0.4 is 10.1 Å². The van der Waals surface area contributed by atoms with Gasteiger partial charge in [-0.25, -0.2) is 4.79 Å². The van der Waals surface area contributed by atoms with Crippen molar-refractivity contribution in [2.75, 3.05) is 12.4 Å². The molecule has 2 aromatic carbocycles. The van der Waals surface area contributed by atoms with E-state index in [0.29, 0.717) is 11.4 Å². The molecule has 0 saturated heterocycles. The van der Waals surface area contributed by atoms with Crippen LogP contribution in [0.4, 0.5) is 11.4 Å². The van der Waals surface area contributed by atoms with Gasteiger partial charge < -0.3 is 15.2 Å². The molecule has 0 amide bonds. The number of anilines is 2. The summed E-state index contributed by atoms with van der Waals surface area (Å²) >= 11 is 3.38. The molecule has 0 aliphatic heterocycles. The SMILES string of the molecule is COc1cc(Nc2cc(C)ccc2C(=O)O)ccc1Br. The van der Waals surface area contributed by atoms with E-state index in [4.69, 9.17) is 4.74 Å². The molecule has 5 heteroatoms. The Kier molecular flexibility index (Phi) is 4.29. The van der Waals surface area contributed by atoms with Gasteiger partial charge in [-0.2, -0.15) is 0 Å². The maximum atomic E-state index is 11.2. The third kappa shape index (κ3) is 3.11. The average molecular weight is 336 g/mol. The summed E-state index contributed by atoms with van der Waals surface area (Å²) < 4.78 is 6.06. The summed E-state index contributed by atoms with van der Waals surface area (Å²) in [5.74, 6) is -0.281. The zero-order valence-corrected chi connectivity index (χ0v) is 12.7. The molecular weight excluding hydrogens is 322 g/mol. The molecule has 4 nitrogen and oxygen atoms in total. The second-order valence-corrected chi connectivity index (χ2v) is 5.18. The molecule has 0 aliphatic rings. The van der Waals surface area contributed by atoms with Crippen molar-refractivity contribution in [2.24, 2.45) is 0 Å². The summed E-state index contributed by atoms with van der Waals surface area (Å²) in [7, 11) is 1.58. The molecule has 2 N–H and O–H groups in total. The number of carboxylic acid groups (broad SMARTS) is 1. The second-order valence-electron chi connectivity index (χ2n) is 4.33. The van der Waals surface area contributed by atoms with Crippen LogP contribution in [0.1, 0.15) is 15.9 Å². The van der Waals surface area contributed by atoms with Crippen LogP contribution >= 0.6 is 15.9 Å². The fourth-order valence-electron chi connectivity index (χ4n) is 1.84. The lowest BCUT2D eigenvalue weighted by atomic mass is 10.1. The number of carbonyl (C=O) groups is 1. The number of halogens is 1. The van der Waals surface area contributed by atoms with E-state index in [9.17, 15) is 9.90 Å². The summed E-state index contributed by atoms with van der Waals surface area (Å²) in [6.07, 6.45) is 0. The van der Waals surface area contributed by atoms with Crippen LogP contribution in [0.5, 0.6) is 5.75 Å². The van der Waals surface area contributed by atoms with Gasteiger partial charge in [0.25, 0.3) is 0 Å². The minimum Gasteiger partial charge on any atom is -0.495 e. The van der Waals surface area contributed by atoms with E-state index < -0.39 is 5.97 Å². The van der Waals surface area contributed by atoms with Crippen molar-refractivity contribution in [3.05, 3.63) is 52.0 Å². The molecule has 0 spiro atoms. The van der Waals surface area contributed by atoms with E-state index in [2.05, 4.69) is 21.2 Å². The van der Waals surface area contributed by atoms with Crippen LogP contribution in [0.25, 0.3) is 0 Å². The lowest BCUT2D eigenvalue weighted by Gasteiger charge is -2.12. The smallest absolute Gasteiger partial charge is 0.337 e. The normalized spacial score (nSPS) is 10.2. The summed E-state index contributed by atoms with van der Waals surface area (Å²) in [6, 6.07) is 10.7. The van der Waals surface area contributed by atoms with Crippen LogP contribution in [0.3, 0.4) is 0 Å². The molecule has 0 saturated carbocycles. The Bertz CT molecular complexity index is 656. The van der Waals surface area contributed by atoms with Crippen LogP contribution in [0, 0.1) is 6.92 Å². The minimum absolute atomic E-state index is 0.234. The van der Waals surface area contributed by atoms with E-state index >= 15 is 0 Å². The second kappa shape index (κ2) is 5.96. The number of benzene rings is 2. The molecule has 0 aliphatic carbocycles. The van der Waals surface area contributed by atoms with Crippen LogP contribution in [0.15, 0.2) is 40.9 Å². The molecule has 2 aromatic rings. The zero-order chi connectivity index (χ0) is 14.7. The van der Waals surface area contributed by atoms with E-state index in [-0.39, 0.29) is 5.56 Å². The Labute approximate surface area is 125 Å². The predicted octanol–water partition coefficient (Wildman–Crippen LogP) is 4.21. The number of rotatable bonds is 4. The van der Waals surface area contributed by atoms with Crippen LogP contribution in [-0.2, 0) is 0 Å². The van der Waals surface area contributed by atoms with Gasteiger partial charge in [-0.1, -0.05) is 6.07 Å². The number of aryl methyl sites for hydroxylation is 1. The molecule has 0 aromatic heterocycles. The molecule has 0 atom stereocenters. The molecule has 0 heterocycles. The van der Waals surface area contributed by atoms with E-state index in [1.807, 2.05) is 19.1 Å². The lowest BCUT2D eigenvalue weighted by molar-refractivity contribution is 0.0698. The largest absolute Gasteiger partial charge is 0.495 e. The highest BCUT2D eigenvalue weighted by molar-refractivity contribution is 9.10. The van der Waals surface area contributed by atoms with Gasteiger partial charge in [-0.05, 0) is 52.7 Å². The van der Waals surface area contributed by atoms with Crippen molar-refractivity contribution in [3.8, 4) is 5.75 Å². The Morgan fingerprint density at radius 1 is 1.25 bits per heavy atom. The van der Waals surface area contributed by atoms with Gasteiger partial charge in [0.15, 0.2) is 0 Å². The Balaban J connectivity index is 2.39. The standard InChI is InChI=1S/C15H14BrNO3/c1-9-3-5-11(15(18)19)13(7-9)17-10-4-6-12(16)14(8-10)20-2/h3-8,17H,1-2H3,(H,18,19). The molecule has 0 fully saturated rings. The van der Waals surface area contributed by atoms with Gasteiger partial charge in [0.05, 0.1) is 22.8 Å². The van der Waals surface area contributed by atoms with Crippen molar-refractivity contribution in [1.29, 1.82) is 0 Å². The first-order chi connectivity index (χ1) is 9.51. The number of ether oxygens (including phenoxy) is 1. The van der Waals surface area contributed by atoms with Crippen molar-refractivity contribution in [2.45, 2.75) is 6.92 Å². The third-order valence-corrected chi connectivity index (χ3v) is 3.49. The maximum Gasteiger partial charge on any atom is 0.337 e. The van der Waals surface area contributed by atoms with Gasteiger partial charge >= 0.3 is 5.97 Å². The maximum absolute atomic E-state index is 11.2. The fourth-order valence-corrected chi connectivity index (χ4v) is 2.25. The highest BCUT2D eigenvalue weighted by atomic mass is 79.9. The number of hydrogen-bond acceptors (Lipinski definition) is 3. The highest BCUT2D eigenvalue weighted by Gasteiger charge is 2.11.